The van der Waals surface area contributed by atoms with E-state index in [0.29, 0.717) is 0 Å². The largest absolute Gasteiger partial charge is 0.295 e. The Bertz CT molecular complexity index is 1070. The standard InChI is InChI=1S/C23H18O/c1-15-7-8-19-14-23(18-11-9-17(10-12-18)16(2)24)21-6-4-3-5-20(21)22(19)13-15/h3-14H,1-2H3. The van der Waals surface area contributed by atoms with E-state index in [1.165, 1.54) is 32.7 Å². The first kappa shape index (κ1) is 14.6. The summed E-state index contributed by atoms with van der Waals surface area (Å²) < 4.78 is 0. The predicted octanol–water partition coefficient (Wildman–Crippen LogP) is 6.17. The molecule has 0 aromatic heterocycles. The van der Waals surface area contributed by atoms with Gasteiger partial charge in [-0.15, -0.1) is 0 Å². The van der Waals surface area contributed by atoms with Crippen LogP contribution in [-0.4, -0.2) is 5.78 Å². The third kappa shape index (κ3) is 2.39. The fourth-order valence-electron chi connectivity index (χ4n) is 3.34. The Labute approximate surface area is 141 Å². The number of carbonyl (C=O) groups is 1. The highest BCUT2D eigenvalue weighted by Crippen LogP contribution is 2.35. The minimum absolute atomic E-state index is 0.0976. The summed E-state index contributed by atoms with van der Waals surface area (Å²) in [4.78, 5) is 11.5. The SMILES string of the molecule is CC(=O)c1ccc(-c2cc3ccc(C)cc3c3ccccc23)cc1. The van der Waals surface area contributed by atoms with Crippen LogP contribution < -0.4 is 0 Å². The van der Waals surface area contributed by atoms with Gasteiger partial charge in [-0.2, -0.15) is 0 Å². The molecule has 116 valence electrons. The second-order valence-electron chi connectivity index (χ2n) is 6.33. The van der Waals surface area contributed by atoms with E-state index < -0.39 is 0 Å². The van der Waals surface area contributed by atoms with Crippen molar-refractivity contribution in [2.75, 3.05) is 0 Å². The molecule has 0 saturated carbocycles. The summed E-state index contributed by atoms with van der Waals surface area (Å²) in [6, 6.07) is 25.3. The van der Waals surface area contributed by atoms with E-state index in [9.17, 15) is 4.79 Å². The maximum atomic E-state index is 11.5. The van der Waals surface area contributed by atoms with Gasteiger partial charge in [-0.05, 0) is 52.6 Å². The molecule has 0 radical (unpaired) electrons. The lowest BCUT2D eigenvalue weighted by Gasteiger charge is -2.12. The molecule has 0 saturated heterocycles. The molecule has 4 aromatic rings. The average molecular weight is 310 g/mol. The van der Waals surface area contributed by atoms with E-state index >= 15 is 0 Å². The molecule has 0 bridgehead atoms. The zero-order valence-electron chi connectivity index (χ0n) is 13.8. The zero-order chi connectivity index (χ0) is 16.7. The average Bonchev–Trinajstić information content (AvgIpc) is 2.61. The second kappa shape index (κ2) is 5.61. The highest BCUT2D eigenvalue weighted by Gasteiger charge is 2.09. The van der Waals surface area contributed by atoms with Crippen molar-refractivity contribution >= 4 is 27.3 Å². The summed E-state index contributed by atoms with van der Waals surface area (Å²) >= 11 is 0. The van der Waals surface area contributed by atoms with E-state index in [4.69, 9.17) is 0 Å². The van der Waals surface area contributed by atoms with Gasteiger partial charge >= 0.3 is 0 Å². The number of benzene rings is 4. The van der Waals surface area contributed by atoms with Gasteiger partial charge in [0.25, 0.3) is 0 Å². The van der Waals surface area contributed by atoms with Gasteiger partial charge in [-0.1, -0.05) is 72.3 Å². The summed E-state index contributed by atoms with van der Waals surface area (Å²) in [7, 11) is 0. The Morgan fingerprint density at radius 2 is 1.46 bits per heavy atom. The summed E-state index contributed by atoms with van der Waals surface area (Å²) in [6.07, 6.45) is 0. The maximum Gasteiger partial charge on any atom is 0.159 e. The minimum atomic E-state index is 0.0976. The zero-order valence-corrected chi connectivity index (χ0v) is 13.8. The first-order valence-corrected chi connectivity index (χ1v) is 8.17. The van der Waals surface area contributed by atoms with Crippen molar-refractivity contribution in [2.45, 2.75) is 13.8 Å². The molecule has 1 nitrogen and oxygen atoms in total. The molecule has 0 amide bonds. The monoisotopic (exact) mass is 310 g/mol. The molecule has 0 heterocycles. The van der Waals surface area contributed by atoms with Crippen molar-refractivity contribution in [2.24, 2.45) is 0 Å². The number of carbonyl (C=O) groups excluding carboxylic acids is 1. The molecule has 4 aromatic carbocycles. The molecule has 0 aliphatic rings. The van der Waals surface area contributed by atoms with Crippen LogP contribution in [0.1, 0.15) is 22.8 Å². The van der Waals surface area contributed by atoms with Gasteiger partial charge < -0.3 is 0 Å². The van der Waals surface area contributed by atoms with Crippen LogP contribution in [0.15, 0.2) is 72.8 Å². The first-order chi connectivity index (χ1) is 11.6. The quantitative estimate of drug-likeness (QED) is 0.319. The molecular weight excluding hydrogens is 292 g/mol. The fourth-order valence-corrected chi connectivity index (χ4v) is 3.34. The fraction of sp³-hybridized carbons (Fsp3) is 0.0870. The van der Waals surface area contributed by atoms with Crippen molar-refractivity contribution in [1.29, 1.82) is 0 Å². The van der Waals surface area contributed by atoms with E-state index in [1.54, 1.807) is 6.92 Å². The first-order valence-electron chi connectivity index (χ1n) is 8.17. The smallest absolute Gasteiger partial charge is 0.159 e. The Balaban J connectivity index is 2.03. The van der Waals surface area contributed by atoms with Crippen molar-refractivity contribution in [3.63, 3.8) is 0 Å². The van der Waals surface area contributed by atoms with E-state index in [0.717, 1.165) is 11.1 Å². The molecule has 0 atom stereocenters. The minimum Gasteiger partial charge on any atom is -0.295 e. The Morgan fingerprint density at radius 1 is 0.750 bits per heavy atom. The molecular formula is C23H18O. The predicted molar refractivity (Wildman–Crippen MR) is 102 cm³/mol. The van der Waals surface area contributed by atoms with Crippen LogP contribution in [0.4, 0.5) is 0 Å². The summed E-state index contributed by atoms with van der Waals surface area (Å²) in [6.45, 7) is 3.73. The van der Waals surface area contributed by atoms with Gasteiger partial charge in [0.05, 0.1) is 0 Å². The summed E-state index contributed by atoms with van der Waals surface area (Å²) in [5.41, 5.74) is 4.36. The van der Waals surface area contributed by atoms with E-state index in [2.05, 4.69) is 55.5 Å². The van der Waals surface area contributed by atoms with Gasteiger partial charge in [0.1, 0.15) is 0 Å². The van der Waals surface area contributed by atoms with Crippen molar-refractivity contribution in [3.05, 3.63) is 83.9 Å². The third-order valence-corrected chi connectivity index (χ3v) is 4.62. The van der Waals surface area contributed by atoms with Crippen LogP contribution in [0.5, 0.6) is 0 Å². The van der Waals surface area contributed by atoms with Gasteiger partial charge in [0, 0.05) is 5.56 Å². The Kier molecular flexibility index (Phi) is 3.42. The molecule has 0 spiro atoms. The third-order valence-electron chi connectivity index (χ3n) is 4.62. The van der Waals surface area contributed by atoms with Crippen LogP contribution >= 0.6 is 0 Å². The van der Waals surface area contributed by atoms with Crippen LogP contribution in [-0.2, 0) is 0 Å². The van der Waals surface area contributed by atoms with E-state index in [-0.39, 0.29) is 5.78 Å². The number of rotatable bonds is 2. The molecule has 0 aliphatic heterocycles. The highest BCUT2D eigenvalue weighted by atomic mass is 16.1. The molecule has 24 heavy (non-hydrogen) atoms. The van der Waals surface area contributed by atoms with Crippen LogP contribution in [0.3, 0.4) is 0 Å². The molecule has 0 N–H and O–H groups in total. The lowest BCUT2D eigenvalue weighted by Crippen LogP contribution is -1.91. The van der Waals surface area contributed by atoms with Gasteiger partial charge in [0.15, 0.2) is 5.78 Å². The Morgan fingerprint density at radius 3 is 2.17 bits per heavy atom. The summed E-state index contributed by atoms with van der Waals surface area (Å²) in [5.74, 6) is 0.0976. The van der Waals surface area contributed by atoms with Crippen molar-refractivity contribution in [1.82, 2.24) is 0 Å². The molecule has 1 heteroatoms. The molecule has 0 aliphatic carbocycles. The van der Waals surface area contributed by atoms with Gasteiger partial charge in [0.2, 0.25) is 0 Å². The molecule has 0 unspecified atom stereocenters. The Hall–Kier alpha value is -2.93. The van der Waals surface area contributed by atoms with Crippen LogP contribution in [0.2, 0.25) is 0 Å². The maximum absolute atomic E-state index is 11.5. The molecule has 0 fully saturated rings. The van der Waals surface area contributed by atoms with Gasteiger partial charge in [-0.25, -0.2) is 0 Å². The number of hydrogen-bond donors (Lipinski definition) is 0. The number of hydrogen-bond acceptors (Lipinski definition) is 1. The second-order valence-corrected chi connectivity index (χ2v) is 6.33. The topological polar surface area (TPSA) is 17.1 Å². The summed E-state index contributed by atoms with van der Waals surface area (Å²) in [5, 5.41) is 5.04. The number of fused-ring (bicyclic) bond motifs is 3. The normalized spacial score (nSPS) is 11.1. The number of aryl methyl sites for hydroxylation is 1. The van der Waals surface area contributed by atoms with Crippen molar-refractivity contribution in [3.8, 4) is 11.1 Å². The number of Topliss-reactive ketones (excluding diaryl/α,β-unsaturated/α-hetero) is 1. The van der Waals surface area contributed by atoms with E-state index in [1.807, 2.05) is 24.3 Å². The molecule has 4 rings (SSSR count). The lowest BCUT2D eigenvalue weighted by molar-refractivity contribution is 0.101. The number of ketones is 1. The van der Waals surface area contributed by atoms with Crippen LogP contribution in [0, 0.1) is 6.92 Å². The highest BCUT2D eigenvalue weighted by molar-refractivity contribution is 6.14. The van der Waals surface area contributed by atoms with Gasteiger partial charge in [-0.3, -0.25) is 4.79 Å². The lowest BCUT2D eigenvalue weighted by atomic mass is 9.92. The van der Waals surface area contributed by atoms with Crippen molar-refractivity contribution < 1.29 is 4.79 Å². The van der Waals surface area contributed by atoms with Crippen LogP contribution in [0.25, 0.3) is 32.7 Å².